The van der Waals surface area contributed by atoms with E-state index in [1.165, 1.54) is 18.4 Å². The predicted octanol–water partition coefficient (Wildman–Crippen LogP) is 5.11. The van der Waals surface area contributed by atoms with Gasteiger partial charge in [-0.05, 0) is 67.2 Å². The van der Waals surface area contributed by atoms with Gasteiger partial charge in [-0.25, -0.2) is 4.79 Å². The molecule has 35 heavy (non-hydrogen) atoms. The zero-order valence-electron chi connectivity index (χ0n) is 21.1. The first-order valence-electron chi connectivity index (χ1n) is 13.3. The molecule has 4 aliphatic carbocycles. The van der Waals surface area contributed by atoms with Crippen molar-refractivity contribution in [1.29, 1.82) is 0 Å². The average molecular weight is 499 g/mol. The van der Waals surface area contributed by atoms with Crippen LogP contribution in [0.2, 0.25) is 5.02 Å². The third-order valence-electron chi connectivity index (χ3n) is 9.16. The number of nitrogens with one attached hydrogen (secondary N) is 1. The summed E-state index contributed by atoms with van der Waals surface area (Å²) in [7, 11) is 0. The summed E-state index contributed by atoms with van der Waals surface area (Å²) in [4.78, 5) is 32.4. The van der Waals surface area contributed by atoms with Gasteiger partial charge in [0.15, 0.2) is 0 Å². The van der Waals surface area contributed by atoms with Crippen LogP contribution in [0.25, 0.3) is 0 Å². The van der Waals surface area contributed by atoms with E-state index in [2.05, 4.69) is 30.1 Å². The van der Waals surface area contributed by atoms with Gasteiger partial charge in [-0.15, -0.1) is 0 Å². The summed E-state index contributed by atoms with van der Waals surface area (Å²) >= 11 is 6.02. The van der Waals surface area contributed by atoms with Gasteiger partial charge in [-0.1, -0.05) is 43.5 Å². The highest BCUT2D eigenvalue weighted by atomic mass is 35.5. The normalized spacial score (nSPS) is 25.8. The molecule has 7 heteroatoms. The van der Waals surface area contributed by atoms with Crippen molar-refractivity contribution >= 4 is 29.2 Å². The molecule has 3 amide bonds. The Morgan fingerprint density at radius 1 is 1.11 bits per heavy atom. The van der Waals surface area contributed by atoms with Gasteiger partial charge >= 0.3 is 6.03 Å². The molecule has 2 atom stereocenters. The van der Waals surface area contributed by atoms with Gasteiger partial charge in [0.1, 0.15) is 0 Å². The van der Waals surface area contributed by atoms with Crippen molar-refractivity contribution in [2.45, 2.75) is 46.0 Å². The number of hydrogen-bond donors (Lipinski definition) is 1. The fourth-order valence-electron chi connectivity index (χ4n) is 6.23. The van der Waals surface area contributed by atoms with Gasteiger partial charge in [0.05, 0.1) is 0 Å². The number of carbonyl (C=O) groups excluding carboxylic acids is 2. The first-order valence-corrected chi connectivity index (χ1v) is 13.7. The molecule has 3 fully saturated rings. The highest BCUT2D eigenvalue weighted by molar-refractivity contribution is 6.30. The minimum absolute atomic E-state index is 0.0636. The van der Waals surface area contributed by atoms with E-state index in [4.69, 9.17) is 11.6 Å². The smallest absolute Gasteiger partial charge is 0.322 e. The molecule has 0 aromatic heterocycles. The highest BCUT2D eigenvalue weighted by Crippen LogP contribution is 2.59. The molecule has 2 saturated carbocycles. The maximum absolute atomic E-state index is 13.4. The zero-order valence-corrected chi connectivity index (χ0v) is 21.9. The van der Waals surface area contributed by atoms with Crippen LogP contribution >= 0.6 is 11.6 Å². The van der Waals surface area contributed by atoms with Crippen LogP contribution in [-0.2, 0) is 4.79 Å². The van der Waals surface area contributed by atoms with E-state index >= 15 is 0 Å². The first-order chi connectivity index (χ1) is 16.8. The molecular weight excluding hydrogens is 460 g/mol. The number of carbonyl (C=O) groups is 2. The summed E-state index contributed by atoms with van der Waals surface area (Å²) in [6, 6.07) is 7.22. The van der Waals surface area contributed by atoms with E-state index in [0.717, 1.165) is 63.6 Å². The number of hydrogen-bond acceptors (Lipinski definition) is 3. The van der Waals surface area contributed by atoms with Crippen molar-refractivity contribution in [2.75, 3.05) is 51.1 Å². The lowest BCUT2D eigenvalue weighted by molar-refractivity contribution is -0.139. The standard InChI is InChI=1S/C28H39ClN4O2/c1-28(2)22-7-6-21(25(28)18-22)19-33(27(35)30-24-10-8-23(29)9-11-24)17-14-31-12-15-32(16-13-31)26(34)20-4-3-5-20/h6,8-11,20,22,25H,3-5,7,12-19H2,1-2H3,(H,30,35). The summed E-state index contributed by atoms with van der Waals surface area (Å²) < 4.78 is 0. The number of fused-ring (bicyclic) bond motifs is 1. The molecule has 2 bridgehead atoms. The van der Waals surface area contributed by atoms with Crippen molar-refractivity contribution in [2.24, 2.45) is 23.2 Å². The Hall–Kier alpha value is -2.05. The van der Waals surface area contributed by atoms with Crippen LogP contribution in [0.3, 0.4) is 0 Å². The maximum atomic E-state index is 13.4. The van der Waals surface area contributed by atoms with Crippen LogP contribution in [0.1, 0.15) is 46.0 Å². The Morgan fingerprint density at radius 2 is 1.83 bits per heavy atom. The molecule has 190 valence electrons. The zero-order chi connectivity index (χ0) is 24.6. The Labute approximate surface area is 214 Å². The van der Waals surface area contributed by atoms with Gasteiger partial charge in [0.2, 0.25) is 5.91 Å². The van der Waals surface area contributed by atoms with Gasteiger partial charge in [0.25, 0.3) is 0 Å². The summed E-state index contributed by atoms with van der Waals surface area (Å²) in [5, 5.41) is 3.73. The number of halogens is 1. The third-order valence-corrected chi connectivity index (χ3v) is 9.42. The Morgan fingerprint density at radius 3 is 2.43 bits per heavy atom. The lowest BCUT2D eigenvalue weighted by Gasteiger charge is -2.57. The third kappa shape index (κ3) is 5.24. The minimum atomic E-state index is -0.0636. The van der Waals surface area contributed by atoms with E-state index in [-0.39, 0.29) is 11.9 Å². The fraction of sp³-hybridized carbons (Fsp3) is 0.643. The lowest BCUT2D eigenvalue weighted by Crippen LogP contribution is -2.53. The molecule has 5 aliphatic rings. The number of urea groups is 1. The van der Waals surface area contributed by atoms with Gasteiger partial charge < -0.3 is 15.1 Å². The minimum Gasteiger partial charge on any atom is -0.340 e. The molecule has 0 spiro atoms. The van der Waals surface area contributed by atoms with Crippen LogP contribution in [0.5, 0.6) is 0 Å². The largest absolute Gasteiger partial charge is 0.340 e. The van der Waals surface area contributed by atoms with Crippen LogP contribution in [0.4, 0.5) is 10.5 Å². The van der Waals surface area contributed by atoms with Gasteiger partial charge in [-0.3, -0.25) is 9.69 Å². The topological polar surface area (TPSA) is 55.9 Å². The number of anilines is 1. The second kappa shape index (κ2) is 10.1. The summed E-state index contributed by atoms with van der Waals surface area (Å²) in [6.45, 7) is 10.3. The average Bonchev–Trinajstić information content (AvgIpc) is 2.82. The van der Waals surface area contributed by atoms with Crippen LogP contribution in [-0.4, -0.2) is 72.5 Å². The monoisotopic (exact) mass is 498 g/mol. The molecule has 1 N–H and O–H groups in total. The van der Waals surface area contributed by atoms with Crippen LogP contribution in [0.15, 0.2) is 35.9 Å². The van der Waals surface area contributed by atoms with E-state index in [1.54, 1.807) is 12.1 Å². The summed E-state index contributed by atoms with van der Waals surface area (Å²) in [5.41, 5.74) is 2.51. The fourth-order valence-corrected chi connectivity index (χ4v) is 6.36. The molecule has 6 nitrogen and oxygen atoms in total. The van der Waals surface area contributed by atoms with Gasteiger partial charge in [-0.2, -0.15) is 0 Å². The molecule has 1 aromatic rings. The lowest BCUT2D eigenvalue weighted by atomic mass is 9.49. The Balaban J connectivity index is 1.19. The number of allylic oxidation sites excluding steroid dienone is 1. The number of piperazine rings is 1. The summed E-state index contributed by atoms with van der Waals surface area (Å²) in [6.07, 6.45) is 8.08. The molecule has 0 radical (unpaired) electrons. The van der Waals surface area contributed by atoms with E-state index in [1.807, 2.05) is 21.9 Å². The number of amides is 3. The van der Waals surface area contributed by atoms with Crippen molar-refractivity contribution in [3.63, 3.8) is 0 Å². The molecule has 2 unspecified atom stereocenters. The maximum Gasteiger partial charge on any atom is 0.322 e. The number of nitrogens with zero attached hydrogens (tertiary/aromatic N) is 3. The SMILES string of the molecule is CC1(C)C2CC=C(CN(CCN3CCN(C(=O)C4CCC4)CC3)C(=O)Nc3ccc(Cl)cc3)C1C2. The predicted molar refractivity (Wildman–Crippen MR) is 140 cm³/mol. The second-order valence-corrected chi connectivity index (χ2v) is 11.9. The van der Waals surface area contributed by atoms with E-state index in [9.17, 15) is 9.59 Å². The first kappa shape index (κ1) is 24.6. The van der Waals surface area contributed by atoms with Gasteiger partial charge in [0, 0.05) is 62.4 Å². The Kier molecular flexibility index (Phi) is 7.13. The van der Waals surface area contributed by atoms with E-state index in [0.29, 0.717) is 35.4 Å². The van der Waals surface area contributed by atoms with Crippen molar-refractivity contribution in [3.05, 3.63) is 40.9 Å². The number of benzene rings is 1. The number of rotatable bonds is 7. The van der Waals surface area contributed by atoms with Crippen molar-refractivity contribution < 1.29 is 9.59 Å². The molecule has 1 saturated heterocycles. The van der Waals surface area contributed by atoms with Crippen LogP contribution < -0.4 is 5.32 Å². The quantitative estimate of drug-likeness (QED) is 0.531. The molecule has 6 rings (SSSR count). The van der Waals surface area contributed by atoms with Crippen molar-refractivity contribution in [3.8, 4) is 0 Å². The Bertz CT molecular complexity index is 964. The molecule has 1 heterocycles. The molecular formula is C28H39ClN4O2. The molecule has 1 aromatic carbocycles. The molecule has 1 aliphatic heterocycles. The second-order valence-electron chi connectivity index (χ2n) is 11.5. The van der Waals surface area contributed by atoms with E-state index < -0.39 is 0 Å². The summed E-state index contributed by atoms with van der Waals surface area (Å²) in [5.74, 6) is 1.98. The van der Waals surface area contributed by atoms with Crippen molar-refractivity contribution in [1.82, 2.24) is 14.7 Å². The van der Waals surface area contributed by atoms with Crippen LogP contribution in [0, 0.1) is 23.2 Å². The highest BCUT2D eigenvalue weighted by Gasteiger charge is 2.51.